The van der Waals surface area contributed by atoms with Crippen LogP contribution in [-0.2, 0) is 10.0 Å². The van der Waals surface area contributed by atoms with Gasteiger partial charge < -0.3 is 0 Å². The predicted octanol–water partition coefficient (Wildman–Crippen LogP) is 2.94. The first kappa shape index (κ1) is 14.8. The Kier molecular flexibility index (Phi) is 3.94. The smallest absolute Gasteiger partial charge is 0.262 e. The molecule has 5 nitrogen and oxygen atoms in total. The first-order chi connectivity index (χ1) is 10.0. The quantitative estimate of drug-likeness (QED) is 0.852. The molecule has 0 bridgehead atoms. The summed E-state index contributed by atoms with van der Waals surface area (Å²) < 4.78 is 29.2. The Bertz CT molecular complexity index is 757. The molecule has 1 atom stereocenters. The Morgan fingerprint density at radius 1 is 1.29 bits per heavy atom. The van der Waals surface area contributed by atoms with Crippen molar-refractivity contribution in [3.8, 4) is 0 Å². The van der Waals surface area contributed by atoms with Crippen LogP contribution in [0.3, 0.4) is 0 Å². The summed E-state index contributed by atoms with van der Waals surface area (Å²) in [6.07, 6.45) is 5.58. The third-order valence-corrected chi connectivity index (χ3v) is 6.41. The van der Waals surface area contributed by atoms with Crippen LogP contribution in [0, 0.1) is 0 Å². The number of pyridine rings is 1. The lowest BCUT2D eigenvalue weighted by atomic mass is 10.1. The average Bonchev–Trinajstić information content (AvgIpc) is 2.62. The Hall–Kier alpha value is -1.11. The molecule has 2 aromatic rings. The SMILES string of the molecule is CC1CCCCCN1S(=O)(=O)c1c(Cl)nc2ccccn12. The van der Waals surface area contributed by atoms with Gasteiger partial charge in [-0.15, -0.1) is 0 Å². The van der Waals surface area contributed by atoms with E-state index in [9.17, 15) is 8.42 Å². The maximum Gasteiger partial charge on any atom is 0.262 e. The summed E-state index contributed by atoms with van der Waals surface area (Å²) in [5.74, 6) is 0. The molecule has 1 aliphatic heterocycles. The van der Waals surface area contributed by atoms with Crippen LogP contribution < -0.4 is 0 Å². The molecule has 3 heterocycles. The summed E-state index contributed by atoms with van der Waals surface area (Å²) in [6, 6.07) is 5.32. The van der Waals surface area contributed by atoms with Crippen molar-refractivity contribution in [2.45, 2.75) is 43.7 Å². The molecule has 0 aromatic carbocycles. The van der Waals surface area contributed by atoms with Gasteiger partial charge in [0.1, 0.15) is 5.65 Å². The van der Waals surface area contributed by atoms with Crippen molar-refractivity contribution in [2.75, 3.05) is 6.54 Å². The number of fused-ring (bicyclic) bond motifs is 1. The minimum Gasteiger partial charge on any atom is -0.288 e. The lowest BCUT2D eigenvalue weighted by Gasteiger charge is -2.25. The lowest BCUT2D eigenvalue weighted by molar-refractivity contribution is 0.340. The number of rotatable bonds is 2. The third kappa shape index (κ3) is 2.56. The summed E-state index contributed by atoms with van der Waals surface area (Å²) in [5.41, 5.74) is 0.545. The van der Waals surface area contributed by atoms with E-state index in [4.69, 9.17) is 11.6 Å². The van der Waals surface area contributed by atoms with Crippen LogP contribution in [0.2, 0.25) is 5.15 Å². The van der Waals surface area contributed by atoms with E-state index < -0.39 is 10.0 Å². The molecule has 1 fully saturated rings. The molecule has 1 aliphatic rings. The van der Waals surface area contributed by atoms with Gasteiger partial charge in [-0.3, -0.25) is 4.40 Å². The molecule has 21 heavy (non-hydrogen) atoms. The van der Waals surface area contributed by atoms with Crippen LogP contribution in [0.1, 0.15) is 32.6 Å². The maximum absolute atomic E-state index is 13.0. The molecule has 0 saturated carbocycles. The van der Waals surface area contributed by atoms with Gasteiger partial charge in [-0.05, 0) is 31.9 Å². The van der Waals surface area contributed by atoms with E-state index in [1.807, 2.05) is 13.0 Å². The standard InChI is InChI=1S/C14H18ClN3O2S/c1-11-7-3-2-5-10-18(11)21(19,20)14-13(15)16-12-8-4-6-9-17(12)14/h4,6,8-9,11H,2-3,5,7,10H2,1H3. The Morgan fingerprint density at radius 3 is 2.90 bits per heavy atom. The van der Waals surface area contributed by atoms with Gasteiger partial charge in [-0.2, -0.15) is 4.31 Å². The van der Waals surface area contributed by atoms with E-state index in [2.05, 4.69) is 4.98 Å². The second-order valence-corrected chi connectivity index (χ2v) is 7.61. The summed E-state index contributed by atoms with van der Waals surface area (Å²) in [5, 5.41) is 0.117. The third-order valence-electron chi connectivity index (χ3n) is 3.99. The molecular weight excluding hydrogens is 310 g/mol. The summed E-state index contributed by atoms with van der Waals surface area (Å²) >= 11 is 6.12. The minimum atomic E-state index is -3.65. The maximum atomic E-state index is 13.0. The van der Waals surface area contributed by atoms with Gasteiger partial charge in [0, 0.05) is 18.8 Å². The number of nitrogens with zero attached hydrogens (tertiary/aromatic N) is 3. The van der Waals surface area contributed by atoms with Gasteiger partial charge in [0.2, 0.25) is 0 Å². The molecule has 0 spiro atoms. The van der Waals surface area contributed by atoms with Gasteiger partial charge in [-0.25, -0.2) is 13.4 Å². The molecule has 2 aromatic heterocycles. The van der Waals surface area contributed by atoms with Crippen molar-refractivity contribution in [3.63, 3.8) is 0 Å². The minimum absolute atomic E-state index is 0.0113. The van der Waals surface area contributed by atoms with Crippen molar-refractivity contribution in [1.82, 2.24) is 13.7 Å². The molecule has 7 heteroatoms. The van der Waals surface area contributed by atoms with Crippen LogP contribution in [0.25, 0.3) is 5.65 Å². The number of sulfonamides is 1. The number of halogens is 1. The number of imidazole rings is 1. The highest BCUT2D eigenvalue weighted by atomic mass is 35.5. The van der Waals surface area contributed by atoms with E-state index in [1.165, 1.54) is 0 Å². The highest BCUT2D eigenvalue weighted by Gasteiger charge is 2.34. The van der Waals surface area contributed by atoms with Gasteiger partial charge >= 0.3 is 0 Å². The van der Waals surface area contributed by atoms with Crippen LogP contribution in [0.4, 0.5) is 0 Å². The van der Waals surface area contributed by atoms with Gasteiger partial charge in [0.25, 0.3) is 10.0 Å². The van der Waals surface area contributed by atoms with E-state index in [0.717, 1.165) is 25.7 Å². The second-order valence-electron chi connectivity index (χ2n) is 5.45. The molecule has 0 radical (unpaired) electrons. The summed E-state index contributed by atoms with van der Waals surface area (Å²) in [7, 11) is -3.65. The zero-order valence-corrected chi connectivity index (χ0v) is 13.4. The zero-order valence-electron chi connectivity index (χ0n) is 11.9. The molecular formula is C14H18ClN3O2S. The first-order valence-electron chi connectivity index (χ1n) is 7.16. The monoisotopic (exact) mass is 327 g/mol. The molecule has 3 rings (SSSR count). The molecule has 114 valence electrons. The fourth-order valence-electron chi connectivity index (χ4n) is 2.89. The van der Waals surface area contributed by atoms with Gasteiger partial charge in [-0.1, -0.05) is 30.5 Å². The Balaban J connectivity index is 2.13. The fourth-order valence-corrected chi connectivity index (χ4v) is 5.19. The van der Waals surface area contributed by atoms with Crippen molar-refractivity contribution in [2.24, 2.45) is 0 Å². The summed E-state index contributed by atoms with van der Waals surface area (Å²) in [6.45, 7) is 2.50. The molecule has 0 amide bonds. The van der Waals surface area contributed by atoms with E-state index in [0.29, 0.717) is 12.2 Å². The number of hydrogen-bond donors (Lipinski definition) is 0. The van der Waals surface area contributed by atoms with E-state index >= 15 is 0 Å². The molecule has 1 unspecified atom stereocenters. The number of aromatic nitrogens is 2. The first-order valence-corrected chi connectivity index (χ1v) is 8.98. The van der Waals surface area contributed by atoms with Gasteiger partial charge in [0.05, 0.1) is 0 Å². The molecule has 0 aliphatic carbocycles. The number of hydrogen-bond acceptors (Lipinski definition) is 3. The Morgan fingerprint density at radius 2 is 2.10 bits per heavy atom. The zero-order chi connectivity index (χ0) is 15.0. The predicted molar refractivity (Wildman–Crippen MR) is 82.0 cm³/mol. The van der Waals surface area contributed by atoms with Gasteiger partial charge in [0.15, 0.2) is 10.2 Å². The topological polar surface area (TPSA) is 54.7 Å². The Labute approximate surface area is 129 Å². The lowest BCUT2D eigenvalue weighted by Crippen LogP contribution is -2.38. The highest BCUT2D eigenvalue weighted by molar-refractivity contribution is 7.89. The van der Waals surface area contributed by atoms with E-state index in [-0.39, 0.29) is 16.2 Å². The van der Waals surface area contributed by atoms with Crippen LogP contribution in [-0.4, -0.2) is 34.7 Å². The van der Waals surface area contributed by atoms with Crippen molar-refractivity contribution in [1.29, 1.82) is 0 Å². The largest absolute Gasteiger partial charge is 0.288 e. The van der Waals surface area contributed by atoms with E-state index in [1.54, 1.807) is 27.0 Å². The van der Waals surface area contributed by atoms with Crippen LogP contribution in [0.5, 0.6) is 0 Å². The van der Waals surface area contributed by atoms with Crippen molar-refractivity contribution in [3.05, 3.63) is 29.5 Å². The van der Waals surface area contributed by atoms with Crippen molar-refractivity contribution < 1.29 is 8.42 Å². The normalized spacial score (nSPS) is 21.5. The van der Waals surface area contributed by atoms with Crippen molar-refractivity contribution >= 4 is 27.3 Å². The molecule has 1 saturated heterocycles. The highest BCUT2D eigenvalue weighted by Crippen LogP contribution is 2.29. The fraction of sp³-hybridized carbons (Fsp3) is 0.500. The van der Waals surface area contributed by atoms with Crippen LogP contribution in [0.15, 0.2) is 29.4 Å². The second kappa shape index (κ2) is 5.59. The molecule has 0 N–H and O–H groups in total. The average molecular weight is 328 g/mol. The summed E-state index contributed by atoms with van der Waals surface area (Å²) in [4.78, 5) is 4.15. The van der Waals surface area contributed by atoms with Crippen LogP contribution >= 0.6 is 11.6 Å².